The van der Waals surface area contributed by atoms with Crippen LogP contribution >= 0.6 is 0 Å². The van der Waals surface area contributed by atoms with Crippen LogP contribution in [0.5, 0.6) is 0 Å². The van der Waals surface area contributed by atoms with Gasteiger partial charge in [-0.3, -0.25) is 14.2 Å². The lowest BCUT2D eigenvalue weighted by Gasteiger charge is -2.29. The van der Waals surface area contributed by atoms with E-state index >= 15 is 0 Å². The zero-order chi connectivity index (χ0) is 23.8. The van der Waals surface area contributed by atoms with Gasteiger partial charge in [-0.2, -0.15) is 13.5 Å². The average Bonchev–Trinajstić information content (AvgIpc) is 3.23. The molecule has 2 bridgehead atoms. The SMILES string of the molecule is CN(C(=O)OC(C)(C)C)C1CCC(ONC(=O)[C@@H]2CC[C@@H]3CN2C(=O)N3OS(=O)(=O)O)C1. The van der Waals surface area contributed by atoms with E-state index in [2.05, 4.69) is 9.76 Å². The molecule has 4 atom stereocenters. The number of amides is 4. The van der Waals surface area contributed by atoms with E-state index in [0.717, 1.165) is 0 Å². The van der Waals surface area contributed by atoms with Gasteiger partial charge in [0.25, 0.3) is 5.91 Å². The number of nitrogens with one attached hydrogen (secondary N) is 1. The number of ether oxygens (including phenoxy) is 1. The largest absolute Gasteiger partial charge is 0.444 e. The Labute approximate surface area is 186 Å². The summed E-state index contributed by atoms with van der Waals surface area (Å²) in [6, 6.07) is -2.33. The molecule has 1 aliphatic carbocycles. The smallest absolute Gasteiger partial charge is 0.418 e. The third kappa shape index (κ3) is 5.79. The number of nitrogens with zero attached hydrogens (tertiary/aromatic N) is 3. The maximum atomic E-state index is 12.6. The second kappa shape index (κ2) is 9.00. The molecule has 3 aliphatic rings. The number of fused-ring (bicyclic) bond motifs is 2. The van der Waals surface area contributed by atoms with E-state index in [1.807, 2.05) is 0 Å². The fourth-order valence-corrected chi connectivity index (χ4v) is 4.56. The Hall–Kier alpha value is -2.16. The van der Waals surface area contributed by atoms with E-state index in [0.29, 0.717) is 30.7 Å². The topological polar surface area (TPSA) is 155 Å². The van der Waals surface area contributed by atoms with Gasteiger partial charge in [0.2, 0.25) is 0 Å². The summed E-state index contributed by atoms with van der Waals surface area (Å²) in [4.78, 5) is 45.5. The van der Waals surface area contributed by atoms with E-state index in [-0.39, 0.29) is 25.1 Å². The van der Waals surface area contributed by atoms with Gasteiger partial charge in [-0.25, -0.2) is 15.1 Å². The van der Waals surface area contributed by atoms with Crippen molar-refractivity contribution < 1.29 is 41.2 Å². The zero-order valence-corrected chi connectivity index (χ0v) is 19.3. The number of hydroxylamine groups is 3. The van der Waals surface area contributed by atoms with Crippen LogP contribution in [0.3, 0.4) is 0 Å². The predicted molar refractivity (Wildman–Crippen MR) is 108 cm³/mol. The molecule has 3 rings (SSSR count). The molecule has 0 aromatic rings. The van der Waals surface area contributed by atoms with Crippen LogP contribution in [0.2, 0.25) is 0 Å². The van der Waals surface area contributed by atoms with Gasteiger partial charge in [0.15, 0.2) is 0 Å². The summed E-state index contributed by atoms with van der Waals surface area (Å²) >= 11 is 0. The number of piperidine rings is 1. The number of carbonyl (C=O) groups is 3. The Morgan fingerprint density at radius 1 is 1.19 bits per heavy atom. The molecule has 13 nitrogen and oxygen atoms in total. The highest BCUT2D eigenvalue weighted by molar-refractivity contribution is 7.80. The molecule has 0 aromatic heterocycles. The Bertz CT molecular complexity index is 859. The first-order chi connectivity index (χ1) is 14.7. The van der Waals surface area contributed by atoms with Crippen LogP contribution < -0.4 is 5.48 Å². The molecule has 2 heterocycles. The fourth-order valence-electron chi connectivity index (χ4n) is 4.17. The summed E-state index contributed by atoms with van der Waals surface area (Å²) in [5.41, 5.74) is 1.80. The van der Waals surface area contributed by atoms with Crippen molar-refractivity contribution in [3.63, 3.8) is 0 Å². The molecule has 3 fully saturated rings. The van der Waals surface area contributed by atoms with Crippen molar-refractivity contribution >= 4 is 28.4 Å². The van der Waals surface area contributed by atoms with Crippen molar-refractivity contribution in [1.29, 1.82) is 0 Å². The van der Waals surface area contributed by atoms with E-state index in [1.165, 1.54) is 9.80 Å². The highest BCUT2D eigenvalue weighted by Crippen LogP contribution is 2.31. The summed E-state index contributed by atoms with van der Waals surface area (Å²) < 4.78 is 40.5. The maximum Gasteiger partial charge on any atom is 0.418 e. The second-order valence-electron chi connectivity index (χ2n) is 9.27. The van der Waals surface area contributed by atoms with Crippen LogP contribution in [0.4, 0.5) is 9.59 Å². The van der Waals surface area contributed by atoms with Crippen molar-refractivity contribution in [2.24, 2.45) is 0 Å². The molecule has 0 spiro atoms. The summed E-state index contributed by atoms with van der Waals surface area (Å²) in [6.07, 6.45) is 1.71. The molecule has 1 saturated carbocycles. The Kier molecular flexibility index (Phi) is 6.88. The quantitative estimate of drug-likeness (QED) is 0.417. The Morgan fingerprint density at radius 2 is 1.88 bits per heavy atom. The lowest BCUT2D eigenvalue weighted by atomic mass is 10.0. The number of urea groups is 1. The number of rotatable bonds is 6. The van der Waals surface area contributed by atoms with E-state index < -0.39 is 46.1 Å². The van der Waals surface area contributed by atoms with Crippen molar-refractivity contribution in [2.75, 3.05) is 13.6 Å². The summed E-state index contributed by atoms with van der Waals surface area (Å²) in [7, 11) is -3.19. The van der Waals surface area contributed by atoms with E-state index in [9.17, 15) is 22.8 Å². The molecule has 182 valence electrons. The van der Waals surface area contributed by atoms with Gasteiger partial charge in [-0.1, -0.05) is 0 Å². The zero-order valence-electron chi connectivity index (χ0n) is 18.5. The molecule has 0 aromatic carbocycles. The monoisotopic (exact) mass is 478 g/mol. The lowest BCUT2D eigenvalue weighted by molar-refractivity contribution is -0.143. The first-order valence-corrected chi connectivity index (χ1v) is 11.8. The third-order valence-electron chi connectivity index (χ3n) is 5.71. The molecule has 2 unspecified atom stereocenters. The second-order valence-corrected chi connectivity index (χ2v) is 10.3. The molecule has 4 amide bonds. The molecular weight excluding hydrogens is 448 g/mol. The Morgan fingerprint density at radius 3 is 2.50 bits per heavy atom. The minimum absolute atomic E-state index is 0.0894. The van der Waals surface area contributed by atoms with Crippen LogP contribution in [0.25, 0.3) is 0 Å². The van der Waals surface area contributed by atoms with Gasteiger partial charge in [-0.05, 0) is 52.9 Å². The molecule has 2 N–H and O–H groups in total. The first kappa shape index (κ1) is 24.5. The van der Waals surface area contributed by atoms with Gasteiger partial charge in [0, 0.05) is 19.6 Å². The molecule has 32 heavy (non-hydrogen) atoms. The van der Waals surface area contributed by atoms with Crippen LogP contribution in [0, 0.1) is 0 Å². The van der Waals surface area contributed by atoms with Crippen LogP contribution in [-0.2, 0) is 29.1 Å². The Balaban J connectivity index is 1.48. The van der Waals surface area contributed by atoms with Crippen LogP contribution in [-0.4, -0.2) is 89.3 Å². The van der Waals surface area contributed by atoms with Gasteiger partial charge in [0.05, 0.1) is 12.1 Å². The molecule has 14 heteroatoms. The van der Waals surface area contributed by atoms with E-state index in [4.69, 9.17) is 14.1 Å². The predicted octanol–water partition coefficient (Wildman–Crippen LogP) is 0.825. The summed E-state index contributed by atoms with van der Waals surface area (Å²) in [5, 5.41) is 0.581. The number of hydrogen-bond donors (Lipinski definition) is 2. The summed E-state index contributed by atoms with van der Waals surface area (Å²) in [6.45, 7) is 5.48. The number of hydrogen-bond acceptors (Lipinski definition) is 8. The highest BCUT2D eigenvalue weighted by atomic mass is 32.3. The molecule has 0 radical (unpaired) electrons. The minimum atomic E-state index is -4.85. The van der Waals surface area contributed by atoms with Gasteiger partial charge in [-0.15, -0.1) is 4.28 Å². The van der Waals surface area contributed by atoms with E-state index in [1.54, 1.807) is 27.8 Å². The molecule has 2 aliphatic heterocycles. The van der Waals surface area contributed by atoms with Gasteiger partial charge in [0.1, 0.15) is 11.6 Å². The molecular formula is C18H30N4O9S. The minimum Gasteiger partial charge on any atom is -0.444 e. The van der Waals surface area contributed by atoms with Gasteiger partial charge >= 0.3 is 22.5 Å². The average molecular weight is 479 g/mol. The van der Waals surface area contributed by atoms with Crippen molar-refractivity contribution in [2.45, 2.75) is 82.7 Å². The first-order valence-electron chi connectivity index (χ1n) is 10.4. The third-order valence-corrected chi connectivity index (χ3v) is 6.06. The van der Waals surface area contributed by atoms with Crippen LogP contribution in [0.15, 0.2) is 0 Å². The summed E-state index contributed by atoms with van der Waals surface area (Å²) in [5.74, 6) is -0.533. The van der Waals surface area contributed by atoms with Gasteiger partial charge < -0.3 is 14.5 Å². The van der Waals surface area contributed by atoms with Crippen LogP contribution in [0.1, 0.15) is 52.9 Å². The number of carbonyl (C=O) groups excluding carboxylic acids is 3. The highest BCUT2D eigenvalue weighted by Gasteiger charge is 2.49. The standard InChI is InChI=1S/C18H30N4O9S/c1-18(2,3)29-17(25)20(4)11-5-7-13(9-11)30-19-15(23)14-8-6-12-10-21(14)16(24)22(12)31-32(26,27)28/h11-14H,5-10H2,1-4H3,(H,19,23)(H,26,27,28)/t11?,12-,13?,14+/m1/s1. The maximum absolute atomic E-state index is 12.6. The fraction of sp³-hybridized carbons (Fsp3) is 0.833. The lowest BCUT2D eigenvalue weighted by Crippen LogP contribution is -2.50. The van der Waals surface area contributed by atoms with Crippen molar-refractivity contribution in [3.8, 4) is 0 Å². The molecule has 2 saturated heterocycles. The van der Waals surface area contributed by atoms with Crippen molar-refractivity contribution in [3.05, 3.63) is 0 Å². The van der Waals surface area contributed by atoms with Crippen molar-refractivity contribution in [1.82, 2.24) is 20.3 Å². The normalized spacial score (nSPS) is 28.1.